The maximum absolute atomic E-state index is 13.0. The highest BCUT2D eigenvalue weighted by Crippen LogP contribution is 2.33. The molecule has 7 heteroatoms. The maximum Gasteiger partial charge on any atom is 0.258 e. The average molecular weight is 420 g/mol. The summed E-state index contributed by atoms with van der Waals surface area (Å²) in [5.74, 6) is 1.08. The fourth-order valence-electron chi connectivity index (χ4n) is 3.28. The highest BCUT2D eigenvalue weighted by atomic mass is 32.1. The summed E-state index contributed by atoms with van der Waals surface area (Å²) < 4.78 is 10.6. The van der Waals surface area contributed by atoms with Crippen molar-refractivity contribution in [1.82, 2.24) is 9.97 Å². The van der Waals surface area contributed by atoms with Crippen molar-refractivity contribution < 1.29 is 14.3 Å². The van der Waals surface area contributed by atoms with E-state index >= 15 is 0 Å². The Balaban J connectivity index is 1.63. The van der Waals surface area contributed by atoms with Crippen molar-refractivity contribution in [2.24, 2.45) is 0 Å². The standard InChI is InChI=1S/C23H21N3O3S/c1-13-5-7-18-16(9-13)17(10-14(2)24-18)22(27)26-23-25-19(12-30-23)15-6-8-20(28-3)21(11-15)29-4/h5-12H,1-4H3,(H,25,26,27). The molecule has 30 heavy (non-hydrogen) atoms. The van der Waals surface area contributed by atoms with Gasteiger partial charge in [0.25, 0.3) is 5.91 Å². The molecule has 0 aliphatic heterocycles. The first-order valence-electron chi connectivity index (χ1n) is 9.36. The van der Waals surface area contributed by atoms with Gasteiger partial charge in [-0.1, -0.05) is 11.6 Å². The lowest BCUT2D eigenvalue weighted by Gasteiger charge is -2.09. The Morgan fingerprint density at radius 3 is 2.53 bits per heavy atom. The minimum absolute atomic E-state index is 0.204. The molecule has 1 N–H and O–H groups in total. The van der Waals surface area contributed by atoms with E-state index in [1.54, 1.807) is 20.3 Å². The first-order valence-corrected chi connectivity index (χ1v) is 10.2. The molecule has 0 radical (unpaired) electrons. The fraction of sp³-hybridized carbons (Fsp3) is 0.174. The third-order valence-electron chi connectivity index (χ3n) is 4.74. The topological polar surface area (TPSA) is 73.3 Å². The van der Waals surface area contributed by atoms with Crippen LogP contribution in [0.4, 0.5) is 5.13 Å². The van der Waals surface area contributed by atoms with Gasteiger partial charge in [-0.15, -0.1) is 11.3 Å². The van der Waals surface area contributed by atoms with Gasteiger partial charge in [0, 0.05) is 22.0 Å². The molecule has 152 valence electrons. The molecule has 2 aromatic heterocycles. The molecule has 0 saturated carbocycles. The number of nitrogens with zero attached hydrogens (tertiary/aromatic N) is 2. The van der Waals surface area contributed by atoms with E-state index in [2.05, 4.69) is 15.3 Å². The predicted molar refractivity (Wildman–Crippen MR) is 120 cm³/mol. The average Bonchev–Trinajstić information content (AvgIpc) is 3.21. The lowest BCUT2D eigenvalue weighted by molar-refractivity contribution is 0.102. The molecule has 0 aliphatic rings. The molecular weight excluding hydrogens is 398 g/mol. The number of carbonyl (C=O) groups excluding carboxylic acids is 1. The number of aromatic nitrogens is 2. The number of amides is 1. The number of hydrogen-bond donors (Lipinski definition) is 1. The van der Waals surface area contributed by atoms with Crippen molar-refractivity contribution >= 4 is 33.3 Å². The van der Waals surface area contributed by atoms with Gasteiger partial charge in [-0.25, -0.2) is 4.98 Å². The van der Waals surface area contributed by atoms with Gasteiger partial charge in [-0.05, 0) is 50.2 Å². The van der Waals surface area contributed by atoms with Gasteiger partial charge in [-0.2, -0.15) is 0 Å². The van der Waals surface area contributed by atoms with Crippen LogP contribution in [0.25, 0.3) is 22.2 Å². The molecule has 0 fully saturated rings. The van der Waals surface area contributed by atoms with Gasteiger partial charge in [0.15, 0.2) is 16.6 Å². The lowest BCUT2D eigenvalue weighted by atomic mass is 10.0. The molecule has 0 unspecified atom stereocenters. The number of aryl methyl sites for hydroxylation is 2. The van der Waals surface area contributed by atoms with E-state index in [-0.39, 0.29) is 5.91 Å². The molecule has 4 rings (SSSR count). The molecule has 0 saturated heterocycles. The van der Waals surface area contributed by atoms with Crippen LogP contribution >= 0.6 is 11.3 Å². The van der Waals surface area contributed by atoms with Crippen LogP contribution < -0.4 is 14.8 Å². The molecule has 0 bridgehead atoms. The SMILES string of the molecule is COc1ccc(-c2csc(NC(=O)c3cc(C)nc4ccc(C)cc34)n2)cc1OC. The lowest BCUT2D eigenvalue weighted by Crippen LogP contribution is -2.13. The monoisotopic (exact) mass is 419 g/mol. The van der Waals surface area contributed by atoms with Crippen LogP contribution in [0.15, 0.2) is 47.8 Å². The summed E-state index contributed by atoms with van der Waals surface area (Å²) in [5, 5.41) is 6.18. The summed E-state index contributed by atoms with van der Waals surface area (Å²) in [4.78, 5) is 22.1. The van der Waals surface area contributed by atoms with Crippen molar-refractivity contribution in [3.05, 3.63) is 64.7 Å². The Bertz CT molecular complexity index is 1250. The Labute approximate surface area is 178 Å². The number of thiazole rings is 1. The van der Waals surface area contributed by atoms with E-state index in [4.69, 9.17) is 9.47 Å². The van der Waals surface area contributed by atoms with Crippen LogP contribution in [0.2, 0.25) is 0 Å². The first-order chi connectivity index (χ1) is 14.5. The Kier molecular flexibility index (Phi) is 5.37. The molecule has 4 aromatic rings. The van der Waals surface area contributed by atoms with Crippen LogP contribution in [-0.4, -0.2) is 30.1 Å². The van der Waals surface area contributed by atoms with Crippen LogP contribution in [-0.2, 0) is 0 Å². The quantitative estimate of drug-likeness (QED) is 0.479. The first kappa shape index (κ1) is 19.8. The Morgan fingerprint density at radius 1 is 0.967 bits per heavy atom. The van der Waals surface area contributed by atoms with Crippen molar-refractivity contribution in [3.8, 4) is 22.8 Å². The predicted octanol–water partition coefficient (Wildman–Crippen LogP) is 5.24. The zero-order valence-electron chi connectivity index (χ0n) is 17.1. The zero-order chi connectivity index (χ0) is 21.3. The molecule has 0 spiro atoms. The van der Waals surface area contributed by atoms with Crippen LogP contribution in [0.1, 0.15) is 21.6 Å². The van der Waals surface area contributed by atoms with Gasteiger partial charge in [0.2, 0.25) is 0 Å². The molecule has 0 aliphatic carbocycles. The number of hydrogen-bond acceptors (Lipinski definition) is 6. The normalized spacial score (nSPS) is 10.8. The third kappa shape index (κ3) is 3.84. The number of carbonyl (C=O) groups is 1. The van der Waals surface area contributed by atoms with Crippen LogP contribution in [0.3, 0.4) is 0 Å². The Morgan fingerprint density at radius 2 is 1.77 bits per heavy atom. The number of anilines is 1. The minimum Gasteiger partial charge on any atom is -0.493 e. The van der Waals surface area contributed by atoms with Crippen LogP contribution in [0, 0.1) is 13.8 Å². The van der Waals surface area contributed by atoms with Gasteiger partial charge < -0.3 is 9.47 Å². The number of methoxy groups -OCH3 is 2. The van der Waals surface area contributed by atoms with E-state index in [9.17, 15) is 4.79 Å². The fourth-order valence-corrected chi connectivity index (χ4v) is 4.00. The number of benzene rings is 2. The number of rotatable bonds is 5. The van der Waals surface area contributed by atoms with E-state index in [1.165, 1.54) is 11.3 Å². The third-order valence-corrected chi connectivity index (χ3v) is 5.50. The summed E-state index contributed by atoms with van der Waals surface area (Å²) in [5.41, 5.74) is 4.89. The number of fused-ring (bicyclic) bond motifs is 1. The molecule has 1 amide bonds. The molecule has 0 atom stereocenters. The smallest absolute Gasteiger partial charge is 0.258 e. The van der Waals surface area contributed by atoms with E-state index < -0.39 is 0 Å². The second-order valence-electron chi connectivity index (χ2n) is 6.89. The molecular formula is C23H21N3O3S. The minimum atomic E-state index is -0.204. The van der Waals surface area contributed by atoms with Crippen molar-refractivity contribution in [2.75, 3.05) is 19.5 Å². The maximum atomic E-state index is 13.0. The van der Waals surface area contributed by atoms with Gasteiger partial charge in [0.05, 0.1) is 31.0 Å². The van der Waals surface area contributed by atoms with Crippen molar-refractivity contribution in [1.29, 1.82) is 0 Å². The molecule has 2 heterocycles. The summed E-state index contributed by atoms with van der Waals surface area (Å²) in [6.07, 6.45) is 0. The number of ether oxygens (including phenoxy) is 2. The zero-order valence-corrected chi connectivity index (χ0v) is 18.0. The largest absolute Gasteiger partial charge is 0.493 e. The van der Waals surface area contributed by atoms with Crippen LogP contribution in [0.5, 0.6) is 11.5 Å². The van der Waals surface area contributed by atoms with Gasteiger partial charge in [0.1, 0.15) is 0 Å². The Hall–Kier alpha value is -3.45. The van der Waals surface area contributed by atoms with Gasteiger partial charge in [-0.3, -0.25) is 15.1 Å². The summed E-state index contributed by atoms with van der Waals surface area (Å²) in [6, 6.07) is 13.3. The number of nitrogens with one attached hydrogen (secondary N) is 1. The summed E-state index contributed by atoms with van der Waals surface area (Å²) in [6.45, 7) is 3.88. The van der Waals surface area contributed by atoms with E-state index in [0.717, 1.165) is 33.4 Å². The number of pyridine rings is 1. The highest BCUT2D eigenvalue weighted by Gasteiger charge is 2.15. The van der Waals surface area contributed by atoms with E-state index in [1.807, 2.05) is 55.6 Å². The van der Waals surface area contributed by atoms with Crippen molar-refractivity contribution in [2.45, 2.75) is 13.8 Å². The molecule has 6 nitrogen and oxygen atoms in total. The second-order valence-corrected chi connectivity index (χ2v) is 7.75. The van der Waals surface area contributed by atoms with Gasteiger partial charge >= 0.3 is 0 Å². The van der Waals surface area contributed by atoms with Crippen molar-refractivity contribution in [3.63, 3.8) is 0 Å². The summed E-state index contributed by atoms with van der Waals surface area (Å²) in [7, 11) is 3.19. The summed E-state index contributed by atoms with van der Waals surface area (Å²) >= 11 is 1.37. The second kappa shape index (κ2) is 8.12. The molecule has 2 aromatic carbocycles. The van der Waals surface area contributed by atoms with E-state index in [0.29, 0.717) is 22.2 Å². The highest BCUT2D eigenvalue weighted by molar-refractivity contribution is 7.14.